The molecule has 0 bridgehead atoms. The number of hydrogen-bond acceptors (Lipinski definition) is 4. The Labute approximate surface area is 141 Å². The lowest BCUT2D eigenvalue weighted by Gasteiger charge is -2.22. The highest BCUT2D eigenvalue weighted by Crippen LogP contribution is 2.32. The maximum absolute atomic E-state index is 12.3. The van der Waals surface area contributed by atoms with Gasteiger partial charge in [-0.05, 0) is 36.6 Å². The summed E-state index contributed by atoms with van der Waals surface area (Å²) in [5.41, 5.74) is 8.04. The lowest BCUT2D eigenvalue weighted by atomic mass is 10.0. The van der Waals surface area contributed by atoms with Gasteiger partial charge in [0.2, 0.25) is 5.91 Å². The van der Waals surface area contributed by atoms with Crippen molar-refractivity contribution in [2.75, 3.05) is 13.2 Å². The van der Waals surface area contributed by atoms with Crippen LogP contribution in [-0.2, 0) is 11.2 Å². The lowest BCUT2D eigenvalue weighted by Crippen LogP contribution is -2.42. The summed E-state index contributed by atoms with van der Waals surface area (Å²) in [6.07, 6.45) is 0.514. The van der Waals surface area contributed by atoms with Crippen LogP contribution in [0.2, 0.25) is 0 Å². The van der Waals surface area contributed by atoms with E-state index in [-0.39, 0.29) is 11.9 Å². The fraction of sp³-hybridized carbons (Fsp3) is 0.316. The molecule has 3 rings (SSSR count). The third-order valence-electron chi connectivity index (χ3n) is 4.06. The van der Waals surface area contributed by atoms with E-state index < -0.39 is 6.04 Å². The molecule has 2 aromatic carbocycles. The molecule has 0 saturated carbocycles. The van der Waals surface area contributed by atoms with E-state index in [0.29, 0.717) is 25.4 Å². The molecule has 0 aliphatic carbocycles. The van der Waals surface area contributed by atoms with Crippen molar-refractivity contribution in [1.82, 2.24) is 5.32 Å². The quantitative estimate of drug-likeness (QED) is 0.883. The predicted octanol–water partition coefficient (Wildman–Crippen LogP) is 2.21. The van der Waals surface area contributed by atoms with Gasteiger partial charge in [0, 0.05) is 0 Å². The molecule has 1 heterocycles. The third-order valence-corrected chi connectivity index (χ3v) is 4.06. The molecule has 0 spiro atoms. The van der Waals surface area contributed by atoms with Crippen LogP contribution in [0.3, 0.4) is 0 Å². The number of carbonyl (C=O) groups is 1. The van der Waals surface area contributed by atoms with Crippen molar-refractivity contribution in [3.05, 3.63) is 59.7 Å². The molecular formula is C19H22N2O3. The van der Waals surface area contributed by atoms with Gasteiger partial charge in [0.15, 0.2) is 11.5 Å². The van der Waals surface area contributed by atoms with Crippen LogP contribution in [-0.4, -0.2) is 25.2 Å². The number of carbonyl (C=O) groups excluding carboxylic acids is 1. The lowest BCUT2D eigenvalue weighted by molar-refractivity contribution is -0.123. The van der Waals surface area contributed by atoms with E-state index in [9.17, 15) is 4.79 Å². The number of nitrogens with two attached hydrogens (primary N) is 1. The van der Waals surface area contributed by atoms with Crippen LogP contribution in [0.5, 0.6) is 11.5 Å². The Morgan fingerprint density at radius 3 is 2.58 bits per heavy atom. The van der Waals surface area contributed by atoms with Crippen molar-refractivity contribution < 1.29 is 14.3 Å². The second kappa shape index (κ2) is 7.36. The molecule has 2 aromatic rings. The molecule has 2 atom stereocenters. The van der Waals surface area contributed by atoms with Gasteiger partial charge >= 0.3 is 0 Å². The zero-order valence-corrected chi connectivity index (χ0v) is 13.7. The molecule has 5 nitrogen and oxygen atoms in total. The Hall–Kier alpha value is -2.53. The highest BCUT2D eigenvalue weighted by atomic mass is 16.6. The predicted molar refractivity (Wildman–Crippen MR) is 92.1 cm³/mol. The number of amides is 1. The zero-order valence-electron chi connectivity index (χ0n) is 13.7. The van der Waals surface area contributed by atoms with Crippen LogP contribution in [0, 0.1) is 0 Å². The van der Waals surface area contributed by atoms with Gasteiger partial charge in [-0.3, -0.25) is 4.79 Å². The van der Waals surface area contributed by atoms with E-state index in [1.807, 2.05) is 55.5 Å². The van der Waals surface area contributed by atoms with E-state index in [4.69, 9.17) is 15.2 Å². The van der Waals surface area contributed by atoms with E-state index in [1.54, 1.807) is 0 Å². The molecule has 126 valence electrons. The summed E-state index contributed by atoms with van der Waals surface area (Å²) in [6.45, 7) is 3.03. The second-order valence-electron chi connectivity index (χ2n) is 5.93. The molecule has 24 heavy (non-hydrogen) atoms. The minimum absolute atomic E-state index is 0.157. The van der Waals surface area contributed by atoms with E-state index >= 15 is 0 Å². The van der Waals surface area contributed by atoms with Crippen LogP contribution >= 0.6 is 0 Å². The van der Waals surface area contributed by atoms with Gasteiger partial charge < -0.3 is 20.5 Å². The minimum atomic E-state index is -0.577. The van der Waals surface area contributed by atoms with Crippen LogP contribution in [0.25, 0.3) is 0 Å². The van der Waals surface area contributed by atoms with Crippen LogP contribution in [0.15, 0.2) is 48.5 Å². The van der Waals surface area contributed by atoms with Gasteiger partial charge in [0.25, 0.3) is 0 Å². The molecule has 1 aliphatic rings. The number of ether oxygens (including phenoxy) is 2. The smallest absolute Gasteiger partial charge is 0.237 e. The highest BCUT2D eigenvalue weighted by Gasteiger charge is 2.19. The first-order valence-electron chi connectivity index (χ1n) is 8.13. The summed E-state index contributed by atoms with van der Waals surface area (Å²) in [7, 11) is 0. The molecule has 1 amide bonds. The zero-order chi connectivity index (χ0) is 16.9. The van der Waals surface area contributed by atoms with Gasteiger partial charge in [0.1, 0.15) is 13.2 Å². The Balaban J connectivity index is 1.61. The van der Waals surface area contributed by atoms with Crippen molar-refractivity contribution in [3.63, 3.8) is 0 Å². The van der Waals surface area contributed by atoms with Crippen molar-refractivity contribution >= 4 is 5.91 Å². The van der Waals surface area contributed by atoms with Crippen LogP contribution in [0.1, 0.15) is 24.1 Å². The maximum atomic E-state index is 12.3. The van der Waals surface area contributed by atoms with Gasteiger partial charge in [-0.1, -0.05) is 36.4 Å². The van der Waals surface area contributed by atoms with Crippen LogP contribution in [0.4, 0.5) is 0 Å². The molecule has 0 radical (unpaired) electrons. The van der Waals surface area contributed by atoms with Gasteiger partial charge in [-0.2, -0.15) is 0 Å². The molecular weight excluding hydrogens is 304 g/mol. The Bertz CT molecular complexity index is 703. The number of fused-ring (bicyclic) bond motifs is 1. The Morgan fingerprint density at radius 2 is 1.83 bits per heavy atom. The van der Waals surface area contributed by atoms with E-state index in [2.05, 4.69) is 5.32 Å². The molecule has 0 aromatic heterocycles. The number of benzene rings is 2. The number of nitrogens with one attached hydrogen (secondary N) is 1. The first-order chi connectivity index (χ1) is 11.6. The standard InChI is InChI=1S/C19H22N2O3/c1-13(15-7-8-17-18(12-15)24-10-9-23-17)21-19(22)16(20)11-14-5-3-2-4-6-14/h2-8,12-13,16H,9-11,20H2,1H3,(H,21,22). The van der Waals surface area contributed by atoms with Crippen LogP contribution < -0.4 is 20.5 Å². The summed E-state index contributed by atoms with van der Waals surface area (Å²) in [5, 5.41) is 2.96. The molecule has 0 saturated heterocycles. The molecule has 2 unspecified atom stereocenters. The minimum Gasteiger partial charge on any atom is -0.486 e. The fourth-order valence-corrected chi connectivity index (χ4v) is 2.69. The Kier molecular flexibility index (Phi) is 5.01. The van der Waals surface area contributed by atoms with Crippen molar-refractivity contribution in [2.24, 2.45) is 5.73 Å². The van der Waals surface area contributed by atoms with Gasteiger partial charge in [0.05, 0.1) is 12.1 Å². The fourth-order valence-electron chi connectivity index (χ4n) is 2.69. The van der Waals surface area contributed by atoms with Crippen molar-refractivity contribution in [1.29, 1.82) is 0 Å². The maximum Gasteiger partial charge on any atom is 0.237 e. The average Bonchev–Trinajstić information content (AvgIpc) is 2.62. The molecule has 5 heteroatoms. The SMILES string of the molecule is CC(NC(=O)C(N)Cc1ccccc1)c1ccc2c(c1)OCCO2. The summed E-state index contributed by atoms with van der Waals surface area (Å²) in [5.74, 6) is 1.29. The summed E-state index contributed by atoms with van der Waals surface area (Å²) in [6, 6.07) is 14.7. The molecule has 3 N–H and O–H groups in total. The summed E-state index contributed by atoms with van der Waals surface area (Å²) in [4.78, 5) is 12.3. The van der Waals surface area contributed by atoms with Gasteiger partial charge in [-0.15, -0.1) is 0 Å². The van der Waals surface area contributed by atoms with E-state index in [1.165, 1.54) is 0 Å². The highest BCUT2D eigenvalue weighted by molar-refractivity contribution is 5.82. The van der Waals surface area contributed by atoms with Crippen molar-refractivity contribution in [3.8, 4) is 11.5 Å². The monoisotopic (exact) mass is 326 g/mol. The second-order valence-corrected chi connectivity index (χ2v) is 5.93. The van der Waals surface area contributed by atoms with Gasteiger partial charge in [-0.25, -0.2) is 0 Å². The first-order valence-corrected chi connectivity index (χ1v) is 8.13. The summed E-state index contributed by atoms with van der Waals surface area (Å²) >= 11 is 0. The first kappa shape index (κ1) is 16.3. The normalized spacial score (nSPS) is 15.4. The number of rotatable bonds is 5. The molecule has 1 aliphatic heterocycles. The largest absolute Gasteiger partial charge is 0.486 e. The average molecular weight is 326 g/mol. The molecule has 0 fully saturated rings. The number of hydrogen-bond donors (Lipinski definition) is 2. The topological polar surface area (TPSA) is 73.6 Å². The Morgan fingerprint density at radius 1 is 1.12 bits per heavy atom. The van der Waals surface area contributed by atoms with E-state index in [0.717, 1.165) is 16.9 Å². The third kappa shape index (κ3) is 3.86. The van der Waals surface area contributed by atoms with Crippen molar-refractivity contribution in [2.45, 2.75) is 25.4 Å². The summed E-state index contributed by atoms with van der Waals surface area (Å²) < 4.78 is 11.1.